The van der Waals surface area contributed by atoms with Crippen LogP contribution in [0.4, 0.5) is 10.5 Å². The fourth-order valence-corrected chi connectivity index (χ4v) is 4.66. The number of hydrogen-bond donors (Lipinski definition) is 1. The van der Waals surface area contributed by atoms with Gasteiger partial charge in [0.15, 0.2) is 6.61 Å². The maximum atomic E-state index is 12.5. The van der Waals surface area contributed by atoms with E-state index in [9.17, 15) is 9.59 Å². The van der Waals surface area contributed by atoms with Gasteiger partial charge in [-0.05, 0) is 82.4 Å². The molecule has 180 valence electrons. The standard InChI is InChI=1S/C27H33N3O4/c1-26(2,3)29-25(32)34-27(12-5-13-27)20-10-8-18(9-11-20)23-19(14-17-6-7-17)15-21-24(28-23)33-16-22(31)30(21)4/h8-11,15,17H,5-7,12-14,16H2,1-4H3,(H,29,32). The first-order valence-corrected chi connectivity index (χ1v) is 12.2. The van der Waals surface area contributed by atoms with Crippen molar-refractivity contribution in [1.82, 2.24) is 10.3 Å². The summed E-state index contributed by atoms with van der Waals surface area (Å²) in [5, 5.41) is 2.90. The van der Waals surface area contributed by atoms with Gasteiger partial charge in [-0.3, -0.25) is 4.79 Å². The van der Waals surface area contributed by atoms with Gasteiger partial charge in [-0.2, -0.15) is 0 Å². The molecule has 1 aliphatic heterocycles. The molecule has 1 aromatic carbocycles. The first kappa shape index (κ1) is 22.7. The van der Waals surface area contributed by atoms with Gasteiger partial charge in [-0.15, -0.1) is 0 Å². The highest BCUT2D eigenvalue weighted by Gasteiger charge is 2.43. The highest BCUT2D eigenvalue weighted by atomic mass is 16.6. The lowest BCUT2D eigenvalue weighted by Gasteiger charge is -2.42. The number of carbonyl (C=O) groups excluding carboxylic acids is 2. The van der Waals surface area contributed by atoms with Crippen molar-refractivity contribution in [3.05, 3.63) is 41.5 Å². The average Bonchev–Trinajstić information content (AvgIpc) is 3.56. The van der Waals surface area contributed by atoms with Gasteiger partial charge in [-0.25, -0.2) is 9.78 Å². The zero-order chi connectivity index (χ0) is 24.1. The summed E-state index contributed by atoms with van der Waals surface area (Å²) in [6.07, 6.45) is 5.71. The zero-order valence-corrected chi connectivity index (χ0v) is 20.4. The van der Waals surface area contributed by atoms with Crippen LogP contribution in [0.15, 0.2) is 30.3 Å². The molecule has 2 heterocycles. The van der Waals surface area contributed by atoms with Crippen molar-refractivity contribution in [2.45, 2.75) is 70.4 Å². The van der Waals surface area contributed by atoms with E-state index in [4.69, 9.17) is 14.5 Å². The summed E-state index contributed by atoms with van der Waals surface area (Å²) in [5.74, 6) is 1.11. The van der Waals surface area contributed by atoms with Gasteiger partial charge < -0.3 is 19.7 Å². The second-order valence-corrected chi connectivity index (χ2v) is 10.9. The van der Waals surface area contributed by atoms with Crippen LogP contribution in [0.2, 0.25) is 0 Å². The van der Waals surface area contributed by atoms with Gasteiger partial charge in [0, 0.05) is 18.2 Å². The minimum absolute atomic E-state index is 0.00728. The quantitative estimate of drug-likeness (QED) is 0.678. The number of hydrogen-bond acceptors (Lipinski definition) is 5. The second-order valence-electron chi connectivity index (χ2n) is 10.9. The summed E-state index contributed by atoms with van der Waals surface area (Å²) in [5.41, 5.74) is 3.86. The number of pyridine rings is 1. The molecule has 1 aromatic heterocycles. The topological polar surface area (TPSA) is 80.8 Å². The van der Waals surface area contributed by atoms with Crippen LogP contribution in [-0.4, -0.2) is 36.2 Å². The number of fused-ring (bicyclic) bond motifs is 1. The van der Waals surface area contributed by atoms with Crippen molar-refractivity contribution >= 4 is 17.7 Å². The fraction of sp³-hybridized carbons (Fsp3) is 0.519. The molecular weight excluding hydrogens is 430 g/mol. The van der Waals surface area contributed by atoms with E-state index in [1.165, 1.54) is 12.8 Å². The number of nitrogens with zero attached hydrogens (tertiary/aromatic N) is 2. The maximum Gasteiger partial charge on any atom is 0.408 e. The highest BCUT2D eigenvalue weighted by molar-refractivity contribution is 5.97. The van der Waals surface area contributed by atoms with E-state index in [0.29, 0.717) is 11.8 Å². The Balaban J connectivity index is 1.44. The van der Waals surface area contributed by atoms with Crippen molar-refractivity contribution in [3.63, 3.8) is 0 Å². The number of aromatic nitrogens is 1. The molecule has 0 unspecified atom stereocenters. The summed E-state index contributed by atoms with van der Waals surface area (Å²) in [6.45, 7) is 5.84. The molecule has 7 nitrogen and oxygen atoms in total. The number of likely N-dealkylation sites (N-methyl/N-ethyl adjacent to an activating group) is 1. The van der Waals surface area contributed by atoms with Gasteiger partial charge in [-0.1, -0.05) is 24.3 Å². The minimum atomic E-state index is -0.569. The molecule has 2 amide bonds. The third-order valence-electron chi connectivity index (χ3n) is 6.93. The average molecular weight is 464 g/mol. The van der Waals surface area contributed by atoms with Crippen molar-refractivity contribution in [1.29, 1.82) is 0 Å². The van der Waals surface area contributed by atoms with Gasteiger partial charge in [0.05, 0.1) is 5.69 Å². The van der Waals surface area contributed by atoms with E-state index in [2.05, 4.69) is 35.6 Å². The number of nitrogens with one attached hydrogen (secondary N) is 1. The van der Waals surface area contributed by atoms with E-state index < -0.39 is 5.60 Å². The number of rotatable bonds is 5. The summed E-state index contributed by atoms with van der Waals surface area (Å²) in [7, 11) is 1.77. The second kappa shape index (κ2) is 8.29. The Bertz CT molecular complexity index is 1110. The number of benzene rings is 1. The predicted octanol–water partition coefficient (Wildman–Crippen LogP) is 4.96. The van der Waals surface area contributed by atoms with Crippen LogP contribution in [0.25, 0.3) is 11.3 Å². The fourth-order valence-electron chi connectivity index (χ4n) is 4.66. The molecule has 2 aliphatic carbocycles. The van der Waals surface area contributed by atoms with Crippen LogP contribution in [0.1, 0.15) is 64.0 Å². The lowest BCUT2D eigenvalue weighted by Crippen LogP contribution is -2.47. The molecule has 34 heavy (non-hydrogen) atoms. The van der Waals surface area contributed by atoms with E-state index in [0.717, 1.165) is 53.8 Å². The Morgan fingerprint density at radius 2 is 1.94 bits per heavy atom. The molecule has 3 aliphatic rings. The molecule has 1 N–H and O–H groups in total. The van der Waals surface area contributed by atoms with Crippen molar-refractivity contribution in [2.75, 3.05) is 18.6 Å². The first-order valence-electron chi connectivity index (χ1n) is 12.2. The number of anilines is 1. The third kappa shape index (κ3) is 4.48. The number of alkyl carbamates (subject to hydrolysis) is 1. The van der Waals surface area contributed by atoms with Crippen LogP contribution in [0.3, 0.4) is 0 Å². The lowest BCUT2D eigenvalue weighted by molar-refractivity contribution is -0.121. The predicted molar refractivity (Wildman–Crippen MR) is 130 cm³/mol. The maximum absolute atomic E-state index is 12.5. The summed E-state index contributed by atoms with van der Waals surface area (Å²) >= 11 is 0. The zero-order valence-electron chi connectivity index (χ0n) is 20.4. The summed E-state index contributed by atoms with van der Waals surface area (Å²) in [6, 6.07) is 10.3. The highest BCUT2D eigenvalue weighted by Crippen LogP contribution is 2.46. The van der Waals surface area contributed by atoms with Crippen LogP contribution in [0, 0.1) is 5.92 Å². The van der Waals surface area contributed by atoms with E-state index >= 15 is 0 Å². The smallest absolute Gasteiger partial charge is 0.408 e. The third-order valence-corrected chi connectivity index (χ3v) is 6.93. The van der Waals surface area contributed by atoms with Crippen molar-refractivity contribution in [2.24, 2.45) is 5.92 Å². The van der Waals surface area contributed by atoms with E-state index in [1.807, 2.05) is 20.8 Å². The monoisotopic (exact) mass is 463 g/mol. The number of carbonyl (C=O) groups is 2. The van der Waals surface area contributed by atoms with Gasteiger partial charge >= 0.3 is 6.09 Å². The van der Waals surface area contributed by atoms with Crippen LogP contribution in [0.5, 0.6) is 5.88 Å². The molecule has 7 heteroatoms. The van der Waals surface area contributed by atoms with Crippen LogP contribution in [-0.2, 0) is 21.6 Å². The normalized spacial score (nSPS) is 19.1. The molecule has 0 saturated heterocycles. The Hall–Kier alpha value is -3.09. The summed E-state index contributed by atoms with van der Waals surface area (Å²) < 4.78 is 11.6. The molecule has 2 fully saturated rings. The minimum Gasteiger partial charge on any atom is -0.466 e. The van der Waals surface area contributed by atoms with Crippen LogP contribution >= 0.6 is 0 Å². The SMILES string of the molecule is CN1C(=O)COc2nc(-c3ccc(C4(OC(=O)NC(C)(C)C)CCC4)cc3)c(CC3CC3)cc21. The number of amides is 2. The van der Waals surface area contributed by atoms with Gasteiger partial charge in [0.1, 0.15) is 11.3 Å². The molecular formula is C27H33N3O4. The molecule has 2 aromatic rings. The van der Waals surface area contributed by atoms with Crippen LogP contribution < -0.4 is 15.0 Å². The Morgan fingerprint density at radius 3 is 2.53 bits per heavy atom. The largest absolute Gasteiger partial charge is 0.466 e. The van der Waals surface area contributed by atoms with Crippen molar-refractivity contribution < 1.29 is 19.1 Å². The molecule has 0 bridgehead atoms. The Morgan fingerprint density at radius 1 is 1.24 bits per heavy atom. The first-order chi connectivity index (χ1) is 16.1. The number of ether oxygens (including phenoxy) is 2. The lowest BCUT2D eigenvalue weighted by atomic mass is 9.74. The molecule has 0 radical (unpaired) electrons. The molecule has 5 rings (SSSR count). The summed E-state index contributed by atoms with van der Waals surface area (Å²) in [4.78, 5) is 31.1. The Kier molecular flexibility index (Phi) is 5.53. The van der Waals surface area contributed by atoms with E-state index in [-0.39, 0.29) is 24.1 Å². The Labute approximate surface area is 200 Å². The van der Waals surface area contributed by atoms with Gasteiger partial charge in [0.25, 0.3) is 5.91 Å². The van der Waals surface area contributed by atoms with E-state index in [1.54, 1.807) is 11.9 Å². The van der Waals surface area contributed by atoms with Crippen molar-refractivity contribution in [3.8, 4) is 17.1 Å². The molecule has 0 atom stereocenters. The van der Waals surface area contributed by atoms with Gasteiger partial charge in [0.2, 0.25) is 5.88 Å². The molecule has 0 spiro atoms. The molecule has 2 saturated carbocycles.